The highest BCUT2D eigenvalue weighted by Gasteiger charge is 2.37. The molecule has 7 nitrogen and oxygen atoms in total. The van der Waals surface area contributed by atoms with Crippen molar-refractivity contribution in [1.29, 1.82) is 0 Å². The molecular weight excluding hydrogens is 440 g/mol. The van der Waals surface area contributed by atoms with Crippen LogP contribution in [0.3, 0.4) is 0 Å². The maximum atomic E-state index is 12.7. The first kappa shape index (κ1) is 24.8. The number of carbonyl (C=O) groups excluding carboxylic acids is 3. The van der Waals surface area contributed by atoms with Crippen molar-refractivity contribution in [2.45, 2.75) is 46.6 Å². The Bertz CT molecular complexity index is 1010. The molecule has 0 radical (unpaired) electrons. The van der Waals surface area contributed by atoms with E-state index >= 15 is 0 Å². The zero-order valence-electron chi connectivity index (χ0n) is 20.1. The molecule has 0 saturated heterocycles. The molecule has 1 aliphatic heterocycles. The first-order valence-electron chi connectivity index (χ1n) is 11.0. The van der Waals surface area contributed by atoms with E-state index in [-0.39, 0.29) is 18.7 Å². The Balaban J connectivity index is 2.09. The third-order valence-electron chi connectivity index (χ3n) is 5.19. The smallest absolute Gasteiger partial charge is 0.407 e. The number of hydrogen-bond donors (Lipinski definition) is 1. The van der Waals surface area contributed by atoms with Gasteiger partial charge in [-0.1, -0.05) is 26.0 Å². The van der Waals surface area contributed by atoms with Crippen LogP contribution >= 0.6 is 11.3 Å². The number of thiophene rings is 1. The number of nitrogens with zero attached hydrogens (tertiary/aromatic N) is 1. The number of nitrogens with one attached hydrogen (secondary N) is 1. The Morgan fingerprint density at radius 3 is 2.61 bits per heavy atom. The standard InChI is InChI=1S/C25H32N2O5S/c1-15(2)13-27-14-16-10-20(28)18(23(29)31-6)11-17(16)22(21-8-7-9-33-21)19(27)12-26-24(30)32-25(3,4)5/h7-9,11,14-15,18H,10,12-13H2,1-6H3,(H,26,30). The minimum atomic E-state index is -0.936. The average Bonchev–Trinajstić information content (AvgIpc) is 3.23. The van der Waals surface area contributed by atoms with Gasteiger partial charge in [-0.3, -0.25) is 9.59 Å². The molecule has 2 heterocycles. The van der Waals surface area contributed by atoms with Gasteiger partial charge in [-0.25, -0.2) is 4.79 Å². The summed E-state index contributed by atoms with van der Waals surface area (Å²) in [7, 11) is 1.29. The van der Waals surface area contributed by atoms with Crippen LogP contribution in [0.25, 0.3) is 5.57 Å². The number of carbonyl (C=O) groups is 3. The highest BCUT2D eigenvalue weighted by atomic mass is 32.1. The summed E-state index contributed by atoms with van der Waals surface area (Å²) in [6.45, 7) is 10.7. The molecule has 8 heteroatoms. The second kappa shape index (κ2) is 9.95. The molecule has 1 amide bonds. The SMILES string of the molecule is COC(=O)C1C=C2C(=CN(CC(C)C)C(CNC(=O)OC(C)(C)C)=C2c2cccs2)CC1=O. The number of ether oxygens (including phenoxy) is 2. The summed E-state index contributed by atoms with van der Waals surface area (Å²) in [4.78, 5) is 40.5. The molecule has 0 fully saturated rings. The van der Waals surface area contributed by atoms with Crippen molar-refractivity contribution in [3.63, 3.8) is 0 Å². The first-order chi connectivity index (χ1) is 15.5. The van der Waals surface area contributed by atoms with Gasteiger partial charge in [-0.2, -0.15) is 0 Å². The molecule has 1 N–H and O–H groups in total. The zero-order valence-corrected chi connectivity index (χ0v) is 20.9. The Morgan fingerprint density at radius 2 is 2.03 bits per heavy atom. The third kappa shape index (κ3) is 5.93. The summed E-state index contributed by atoms with van der Waals surface area (Å²) in [5.74, 6) is -1.33. The number of amides is 1. The van der Waals surface area contributed by atoms with Crippen molar-refractivity contribution in [3.05, 3.63) is 51.5 Å². The number of allylic oxidation sites excluding steroid dienone is 3. The normalized spacial score (nSPS) is 18.6. The summed E-state index contributed by atoms with van der Waals surface area (Å²) in [6.07, 6.45) is 3.33. The summed E-state index contributed by atoms with van der Waals surface area (Å²) >= 11 is 1.57. The molecule has 0 spiro atoms. The fourth-order valence-electron chi connectivity index (χ4n) is 3.92. The van der Waals surface area contributed by atoms with Crippen LogP contribution in [0.1, 0.15) is 45.9 Å². The van der Waals surface area contributed by atoms with Crippen LogP contribution in [-0.2, 0) is 19.1 Å². The van der Waals surface area contributed by atoms with E-state index in [1.165, 1.54) is 7.11 Å². The summed E-state index contributed by atoms with van der Waals surface area (Å²) in [5, 5.41) is 4.87. The second-order valence-electron chi connectivity index (χ2n) is 9.58. The molecule has 2 aliphatic rings. The fraction of sp³-hybridized carbons (Fsp3) is 0.480. The van der Waals surface area contributed by atoms with Gasteiger partial charge in [-0.15, -0.1) is 11.3 Å². The summed E-state index contributed by atoms with van der Waals surface area (Å²) in [6, 6.07) is 3.97. The van der Waals surface area contributed by atoms with Crippen LogP contribution in [0.2, 0.25) is 0 Å². The lowest BCUT2D eigenvalue weighted by Gasteiger charge is -2.36. The predicted molar refractivity (Wildman–Crippen MR) is 128 cm³/mol. The Kier molecular flexibility index (Phi) is 7.47. The Labute approximate surface area is 199 Å². The lowest BCUT2D eigenvalue weighted by Crippen LogP contribution is -2.39. The predicted octanol–water partition coefficient (Wildman–Crippen LogP) is 4.53. The lowest BCUT2D eigenvalue weighted by atomic mass is 9.79. The number of esters is 1. The van der Waals surface area contributed by atoms with Gasteiger partial charge in [0.2, 0.25) is 0 Å². The van der Waals surface area contributed by atoms with Crippen LogP contribution in [0.15, 0.2) is 46.6 Å². The topological polar surface area (TPSA) is 84.9 Å². The van der Waals surface area contributed by atoms with Crippen molar-refractivity contribution < 1.29 is 23.9 Å². The van der Waals surface area contributed by atoms with Crippen molar-refractivity contribution >= 4 is 34.8 Å². The van der Waals surface area contributed by atoms with E-state index in [1.54, 1.807) is 17.4 Å². The molecule has 1 atom stereocenters. The number of rotatable bonds is 6. The minimum Gasteiger partial charge on any atom is -0.468 e. The van der Waals surface area contributed by atoms with E-state index in [1.807, 2.05) is 44.5 Å². The molecule has 33 heavy (non-hydrogen) atoms. The molecule has 0 aromatic carbocycles. The number of methoxy groups -OCH3 is 1. The van der Waals surface area contributed by atoms with Gasteiger partial charge < -0.3 is 19.7 Å². The average molecular weight is 473 g/mol. The molecule has 1 aromatic heterocycles. The van der Waals surface area contributed by atoms with E-state index in [9.17, 15) is 14.4 Å². The van der Waals surface area contributed by atoms with Crippen LogP contribution in [0, 0.1) is 11.8 Å². The molecular formula is C25H32N2O5S. The zero-order chi connectivity index (χ0) is 24.3. The molecule has 178 valence electrons. The van der Waals surface area contributed by atoms with E-state index in [4.69, 9.17) is 9.47 Å². The summed E-state index contributed by atoms with van der Waals surface area (Å²) < 4.78 is 10.3. The Morgan fingerprint density at radius 1 is 1.30 bits per heavy atom. The van der Waals surface area contributed by atoms with Crippen LogP contribution in [0.5, 0.6) is 0 Å². The number of fused-ring (bicyclic) bond motifs is 1. The number of ketones is 1. The molecule has 3 rings (SSSR count). The Hall–Kier alpha value is -2.87. The molecule has 1 aliphatic carbocycles. The summed E-state index contributed by atoms with van der Waals surface area (Å²) in [5.41, 5.74) is 2.91. The quantitative estimate of drug-likeness (QED) is 0.484. The molecule has 0 bridgehead atoms. The highest BCUT2D eigenvalue weighted by Crippen LogP contribution is 2.43. The maximum absolute atomic E-state index is 12.7. The van der Waals surface area contributed by atoms with E-state index in [0.717, 1.165) is 27.3 Å². The molecule has 0 saturated carbocycles. The fourth-order valence-corrected chi connectivity index (χ4v) is 4.73. The van der Waals surface area contributed by atoms with E-state index < -0.39 is 23.6 Å². The number of hydrogen-bond acceptors (Lipinski definition) is 7. The minimum absolute atomic E-state index is 0.155. The van der Waals surface area contributed by atoms with Crippen LogP contribution in [0.4, 0.5) is 4.79 Å². The largest absolute Gasteiger partial charge is 0.468 e. The third-order valence-corrected chi connectivity index (χ3v) is 6.08. The van der Waals surface area contributed by atoms with Crippen LogP contribution in [-0.4, -0.2) is 48.5 Å². The van der Waals surface area contributed by atoms with Gasteiger partial charge in [-0.05, 0) is 49.3 Å². The first-order valence-corrected chi connectivity index (χ1v) is 11.9. The highest BCUT2D eigenvalue weighted by molar-refractivity contribution is 7.11. The van der Waals surface area contributed by atoms with Crippen LogP contribution < -0.4 is 5.32 Å². The van der Waals surface area contributed by atoms with Crippen molar-refractivity contribution in [2.24, 2.45) is 11.8 Å². The van der Waals surface area contributed by atoms with Gasteiger partial charge in [0, 0.05) is 35.3 Å². The van der Waals surface area contributed by atoms with Gasteiger partial charge in [0.1, 0.15) is 11.5 Å². The van der Waals surface area contributed by atoms with E-state index in [2.05, 4.69) is 24.1 Å². The maximum Gasteiger partial charge on any atom is 0.407 e. The molecule has 1 unspecified atom stereocenters. The molecule has 1 aromatic rings. The van der Waals surface area contributed by atoms with Crippen molar-refractivity contribution in [1.82, 2.24) is 10.2 Å². The lowest BCUT2D eigenvalue weighted by molar-refractivity contribution is -0.147. The number of Topliss-reactive ketones (excluding diaryl/α,β-unsaturated/α-hetero) is 1. The van der Waals surface area contributed by atoms with Crippen molar-refractivity contribution in [3.8, 4) is 0 Å². The van der Waals surface area contributed by atoms with Gasteiger partial charge in [0.15, 0.2) is 5.78 Å². The van der Waals surface area contributed by atoms with Crippen molar-refractivity contribution in [2.75, 3.05) is 20.2 Å². The van der Waals surface area contributed by atoms with E-state index in [0.29, 0.717) is 12.5 Å². The van der Waals surface area contributed by atoms with Gasteiger partial charge >= 0.3 is 12.1 Å². The number of alkyl carbamates (subject to hydrolysis) is 1. The second-order valence-corrected chi connectivity index (χ2v) is 10.5. The van der Waals surface area contributed by atoms with Gasteiger partial charge in [0.25, 0.3) is 0 Å². The van der Waals surface area contributed by atoms with Gasteiger partial charge in [0.05, 0.1) is 13.7 Å². The monoisotopic (exact) mass is 472 g/mol.